The topological polar surface area (TPSA) is 67.9 Å². The second kappa shape index (κ2) is 8.73. The highest BCUT2D eigenvalue weighted by Gasteiger charge is 2.36. The number of carbonyl (C=O) groups excluding carboxylic acids is 2. The second-order valence-electron chi connectivity index (χ2n) is 6.51. The maximum absolute atomic E-state index is 13.8. The fraction of sp³-hybridized carbons (Fsp3) is 0.333. The molecule has 0 radical (unpaired) electrons. The number of ether oxygens (including phenoxy) is 2. The van der Waals surface area contributed by atoms with E-state index in [0.717, 1.165) is 16.9 Å². The van der Waals surface area contributed by atoms with Crippen LogP contribution < -0.4 is 10.1 Å². The first kappa shape index (κ1) is 19.7. The molecule has 1 unspecified atom stereocenters. The van der Waals surface area contributed by atoms with Crippen molar-refractivity contribution in [2.45, 2.75) is 18.9 Å². The summed E-state index contributed by atoms with van der Waals surface area (Å²) < 4.78 is 24.0. The number of benzene rings is 2. The van der Waals surface area contributed by atoms with Gasteiger partial charge < -0.3 is 14.8 Å². The van der Waals surface area contributed by atoms with E-state index in [4.69, 9.17) is 9.47 Å². The van der Waals surface area contributed by atoms with Crippen LogP contribution in [0.1, 0.15) is 22.7 Å². The molecule has 148 valence electrons. The van der Waals surface area contributed by atoms with Gasteiger partial charge in [0.05, 0.1) is 14.2 Å². The largest absolute Gasteiger partial charge is 0.496 e. The minimum atomic E-state index is -0.926. The molecule has 0 aliphatic carbocycles. The van der Waals surface area contributed by atoms with E-state index in [-0.39, 0.29) is 5.91 Å². The number of para-hydroxylation sites is 1. The zero-order chi connectivity index (χ0) is 20.1. The Bertz CT molecular complexity index is 871. The smallest absolute Gasteiger partial charge is 0.410 e. The molecule has 2 aromatic rings. The molecule has 6 nitrogen and oxygen atoms in total. The van der Waals surface area contributed by atoms with Crippen molar-refractivity contribution in [3.05, 3.63) is 65.0 Å². The summed E-state index contributed by atoms with van der Waals surface area (Å²) in [7, 11) is 2.86. The molecule has 2 amide bonds. The van der Waals surface area contributed by atoms with Crippen LogP contribution in [-0.4, -0.2) is 44.2 Å². The van der Waals surface area contributed by atoms with E-state index in [1.54, 1.807) is 13.2 Å². The molecular formula is C21H23FN2O4. The summed E-state index contributed by atoms with van der Waals surface area (Å²) in [5.74, 6) is -0.0674. The van der Waals surface area contributed by atoms with Gasteiger partial charge in [0.25, 0.3) is 0 Å². The molecule has 28 heavy (non-hydrogen) atoms. The van der Waals surface area contributed by atoms with Gasteiger partial charge in [0.15, 0.2) is 0 Å². The van der Waals surface area contributed by atoms with Gasteiger partial charge in [0, 0.05) is 13.1 Å². The van der Waals surface area contributed by atoms with Crippen LogP contribution in [0.3, 0.4) is 0 Å². The minimum absolute atomic E-state index is 0.329. The third-order valence-corrected chi connectivity index (χ3v) is 4.88. The van der Waals surface area contributed by atoms with Crippen molar-refractivity contribution in [1.29, 1.82) is 0 Å². The van der Waals surface area contributed by atoms with E-state index in [9.17, 15) is 14.0 Å². The van der Waals surface area contributed by atoms with E-state index in [2.05, 4.69) is 5.32 Å². The van der Waals surface area contributed by atoms with E-state index < -0.39 is 18.0 Å². The molecule has 2 aromatic carbocycles. The standard InChI is InChI=1S/C21H23FN2O4/c1-27-18-6-4-3-5-15(18)9-11-23-20(25)19-17-13-16(22)8-7-14(17)10-12-24(19)21(26)28-2/h3-8,13,19H,9-12H2,1-2H3,(H,23,25). The number of carbonyl (C=O) groups is 2. The van der Waals surface area contributed by atoms with Crippen LogP contribution in [0, 0.1) is 5.82 Å². The summed E-state index contributed by atoms with van der Waals surface area (Å²) in [6.07, 6.45) is 0.492. The van der Waals surface area contributed by atoms with Crippen LogP contribution in [0.5, 0.6) is 5.75 Å². The van der Waals surface area contributed by atoms with Crippen molar-refractivity contribution in [2.75, 3.05) is 27.3 Å². The molecule has 3 rings (SSSR count). The van der Waals surface area contributed by atoms with Crippen LogP contribution in [0.15, 0.2) is 42.5 Å². The number of fused-ring (bicyclic) bond motifs is 1. The normalized spacial score (nSPS) is 15.5. The van der Waals surface area contributed by atoms with Crippen LogP contribution >= 0.6 is 0 Å². The summed E-state index contributed by atoms with van der Waals surface area (Å²) in [5, 5.41) is 2.86. The molecule has 1 aliphatic rings. The number of hydrogen-bond acceptors (Lipinski definition) is 4. The number of nitrogens with zero attached hydrogens (tertiary/aromatic N) is 1. The van der Waals surface area contributed by atoms with Crippen molar-refractivity contribution in [2.24, 2.45) is 0 Å². The molecule has 0 aromatic heterocycles. The Hall–Kier alpha value is -3.09. The van der Waals surface area contributed by atoms with Gasteiger partial charge in [-0.25, -0.2) is 9.18 Å². The summed E-state index contributed by atoms with van der Waals surface area (Å²) in [6.45, 7) is 0.686. The first-order chi connectivity index (χ1) is 13.5. The molecule has 1 atom stereocenters. The van der Waals surface area contributed by atoms with Crippen molar-refractivity contribution >= 4 is 12.0 Å². The predicted molar refractivity (Wildman–Crippen MR) is 102 cm³/mol. The van der Waals surface area contributed by atoms with Crippen molar-refractivity contribution < 1.29 is 23.5 Å². The highest BCUT2D eigenvalue weighted by Crippen LogP contribution is 2.31. The van der Waals surface area contributed by atoms with Gasteiger partial charge in [-0.1, -0.05) is 24.3 Å². The molecule has 0 bridgehead atoms. The summed E-state index contributed by atoms with van der Waals surface area (Å²) in [6, 6.07) is 11.0. The molecule has 1 aliphatic heterocycles. The molecule has 1 heterocycles. The maximum atomic E-state index is 13.8. The Morgan fingerprint density at radius 1 is 1.21 bits per heavy atom. The monoisotopic (exact) mass is 386 g/mol. The van der Waals surface area contributed by atoms with Gasteiger partial charge in [-0.05, 0) is 47.7 Å². The molecule has 0 saturated heterocycles. The lowest BCUT2D eigenvalue weighted by Crippen LogP contribution is -2.47. The van der Waals surface area contributed by atoms with Crippen molar-refractivity contribution in [3.8, 4) is 5.75 Å². The SMILES string of the molecule is COC(=O)N1CCc2ccc(F)cc2C1C(=O)NCCc1ccccc1OC. The number of nitrogens with one attached hydrogen (secondary N) is 1. The van der Waals surface area contributed by atoms with Crippen LogP contribution in [-0.2, 0) is 22.4 Å². The summed E-state index contributed by atoms with van der Waals surface area (Å²) in [4.78, 5) is 26.4. The predicted octanol–water partition coefficient (Wildman–Crippen LogP) is 2.86. The van der Waals surface area contributed by atoms with E-state index >= 15 is 0 Å². The maximum Gasteiger partial charge on any atom is 0.410 e. The van der Waals surface area contributed by atoms with Gasteiger partial charge in [-0.2, -0.15) is 0 Å². The van der Waals surface area contributed by atoms with Crippen molar-refractivity contribution in [1.82, 2.24) is 10.2 Å². The molecular weight excluding hydrogens is 363 g/mol. The first-order valence-corrected chi connectivity index (χ1v) is 9.07. The molecule has 1 N–H and O–H groups in total. The minimum Gasteiger partial charge on any atom is -0.496 e. The Morgan fingerprint density at radius 3 is 2.75 bits per heavy atom. The molecule has 0 spiro atoms. The molecule has 0 saturated carbocycles. The average molecular weight is 386 g/mol. The van der Waals surface area contributed by atoms with Gasteiger partial charge in [-0.15, -0.1) is 0 Å². The molecule has 7 heteroatoms. The van der Waals surface area contributed by atoms with E-state index in [0.29, 0.717) is 31.5 Å². The van der Waals surface area contributed by atoms with Gasteiger partial charge in [0.1, 0.15) is 17.6 Å². The van der Waals surface area contributed by atoms with Gasteiger partial charge in [0.2, 0.25) is 5.91 Å². The molecule has 0 fully saturated rings. The zero-order valence-electron chi connectivity index (χ0n) is 15.9. The highest BCUT2D eigenvalue weighted by molar-refractivity contribution is 5.87. The highest BCUT2D eigenvalue weighted by atomic mass is 19.1. The average Bonchev–Trinajstić information content (AvgIpc) is 2.72. The van der Waals surface area contributed by atoms with Crippen LogP contribution in [0.4, 0.5) is 9.18 Å². The van der Waals surface area contributed by atoms with Gasteiger partial charge in [-0.3, -0.25) is 9.69 Å². The van der Waals surface area contributed by atoms with E-state index in [1.807, 2.05) is 24.3 Å². The number of halogens is 1. The van der Waals surface area contributed by atoms with Crippen molar-refractivity contribution in [3.63, 3.8) is 0 Å². The quantitative estimate of drug-likeness (QED) is 0.858. The third-order valence-electron chi connectivity index (χ3n) is 4.88. The summed E-state index contributed by atoms with van der Waals surface area (Å²) >= 11 is 0. The van der Waals surface area contributed by atoms with E-state index in [1.165, 1.54) is 24.1 Å². The lowest BCUT2D eigenvalue weighted by molar-refractivity contribution is -0.126. The fourth-order valence-corrected chi connectivity index (χ4v) is 3.51. The Labute approximate surface area is 163 Å². The zero-order valence-corrected chi connectivity index (χ0v) is 15.9. The van der Waals surface area contributed by atoms with Gasteiger partial charge >= 0.3 is 6.09 Å². The first-order valence-electron chi connectivity index (χ1n) is 9.07. The Balaban J connectivity index is 1.77. The van der Waals surface area contributed by atoms with Crippen LogP contribution in [0.2, 0.25) is 0 Å². The third kappa shape index (κ3) is 4.08. The number of hydrogen-bond donors (Lipinski definition) is 1. The van der Waals surface area contributed by atoms with Crippen LogP contribution in [0.25, 0.3) is 0 Å². The number of methoxy groups -OCH3 is 2. The summed E-state index contributed by atoms with van der Waals surface area (Å²) in [5.41, 5.74) is 2.31. The lowest BCUT2D eigenvalue weighted by Gasteiger charge is -2.35. The Kier molecular flexibility index (Phi) is 6.13. The Morgan fingerprint density at radius 2 is 2.00 bits per heavy atom. The lowest BCUT2D eigenvalue weighted by atomic mass is 9.92. The second-order valence-corrected chi connectivity index (χ2v) is 6.51. The number of rotatable bonds is 5. The fourth-order valence-electron chi connectivity index (χ4n) is 3.51. The number of amides is 2.